The van der Waals surface area contributed by atoms with Gasteiger partial charge in [-0.3, -0.25) is 0 Å². The number of nitrogens with one attached hydrogen (secondary N) is 1. The minimum Gasteiger partial charge on any atom is -0.382 e. The van der Waals surface area contributed by atoms with Crippen molar-refractivity contribution in [2.75, 3.05) is 11.1 Å². The van der Waals surface area contributed by atoms with Crippen LogP contribution in [0.1, 0.15) is 11.1 Å². The van der Waals surface area contributed by atoms with E-state index in [1.807, 2.05) is 10.6 Å². The summed E-state index contributed by atoms with van der Waals surface area (Å²) in [7, 11) is 0. The lowest BCUT2D eigenvalue weighted by Gasteiger charge is -2.11. The molecule has 0 amide bonds. The second kappa shape index (κ2) is 4.79. The lowest BCUT2D eigenvalue weighted by Crippen LogP contribution is -2.02. The number of anilines is 3. The second-order valence-electron chi connectivity index (χ2n) is 4.72. The summed E-state index contributed by atoms with van der Waals surface area (Å²) in [6, 6.07) is 4.11. The number of rotatable bonds is 2. The largest absolute Gasteiger partial charge is 0.382 e. The molecule has 0 spiro atoms. The molecule has 0 atom stereocenters. The van der Waals surface area contributed by atoms with Gasteiger partial charge < -0.3 is 15.5 Å². The Hall–Kier alpha value is -2.08. The average molecular weight is 332 g/mol. The first kappa shape index (κ1) is 12.9. The van der Waals surface area contributed by atoms with E-state index in [0.717, 1.165) is 26.9 Å². The van der Waals surface area contributed by atoms with Gasteiger partial charge in [0, 0.05) is 22.6 Å². The van der Waals surface area contributed by atoms with E-state index in [-0.39, 0.29) is 0 Å². The van der Waals surface area contributed by atoms with E-state index in [0.29, 0.717) is 11.6 Å². The van der Waals surface area contributed by atoms with Crippen molar-refractivity contribution in [1.29, 1.82) is 0 Å². The highest BCUT2D eigenvalue weighted by atomic mass is 79.9. The summed E-state index contributed by atoms with van der Waals surface area (Å²) >= 11 is 3.56. The molecule has 0 unspecified atom stereocenters. The third-order valence-electron chi connectivity index (χ3n) is 3.09. The van der Waals surface area contributed by atoms with Gasteiger partial charge in [-0.05, 0) is 37.1 Å². The van der Waals surface area contributed by atoms with Crippen molar-refractivity contribution in [2.45, 2.75) is 13.8 Å². The van der Waals surface area contributed by atoms with Crippen LogP contribution in [-0.4, -0.2) is 14.4 Å². The maximum Gasteiger partial charge on any atom is 0.180 e. The summed E-state index contributed by atoms with van der Waals surface area (Å²) in [5, 5.41) is 3.29. The lowest BCUT2D eigenvalue weighted by molar-refractivity contribution is 1.13. The van der Waals surface area contributed by atoms with Crippen molar-refractivity contribution in [3.8, 4) is 0 Å². The first-order valence-corrected chi connectivity index (χ1v) is 6.97. The highest BCUT2D eigenvalue weighted by molar-refractivity contribution is 9.10. The van der Waals surface area contributed by atoms with Crippen LogP contribution in [0.2, 0.25) is 0 Å². The van der Waals surface area contributed by atoms with E-state index in [2.05, 4.69) is 57.2 Å². The van der Waals surface area contributed by atoms with Gasteiger partial charge in [0.15, 0.2) is 11.5 Å². The monoisotopic (exact) mass is 331 g/mol. The number of nitrogen functional groups attached to an aromatic ring is 1. The van der Waals surface area contributed by atoms with Crippen LogP contribution < -0.4 is 11.1 Å². The van der Waals surface area contributed by atoms with Crippen LogP contribution in [0.5, 0.6) is 0 Å². The normalized spacial score (nSPS) is 10.9. The van der Waals surface area contributed by atoms with Crippen molar-refractivity contribution in [2.24, 2.45) is 0 Å². The summed E-state index contributed by atoms with van der Waals surface area (Å²) in [5.74, 6) is 1.10. The fraction of sp³-hybridized carbons (Fsp3) is 0.143. The quantitative estimate of drug-likeness (QED) is 0.754. The molecule has 0 saturated carbocycles. The number of nitrogens with zero attached hydrogens (tertiary/aromatic N) is 3. The van der Waals surface area contributed by atoms with Crippen molar-refractivity contribution < 1.29 is 0 Å². The van der Waals surface area contributed by atoms with Gasteiger partial charge in [0.1, 0.15) is 5.82 Å². The molecular formula is C14H14BrN5. The van der Waals surface area contributed by atoms with E-state index in [1.165, 1.54) is 0 Å². The lowest BCUT2D eigenvalue weighted by atomic mass is 10.1. The number of fused-ring (bicyclic) bond motifs is 1. The van der Waals surface area contributed by atoms with Crippen LogP contribution in [0.15, 0.2) is 35.2 Å². The Morgan fingerprint density at radius 2 is 1.95 bits per heavy atom. The van der Waals surface area contributed by atoms with Gasteiger partial charge in [0.05, 0.1) is 6.20 Å². The van der Waals surface area contributed by atoms with Crippen LogP contribution in [-0.2, 0) is 0 Å². The molecule has 2 heterocycles. The molecular weight excluding hydrogens is 318 g/mol. The van der Waals surface area contributed by atoms with Gasteiger partial charge >= 0.3 is 0 Å². The number of hydrogen-bond acceptors (Lipinski definition) is 4. The molecule has 1 aromatic carbocycles. The van der Waals surface area contributed by atoms with Crippen LogP contribution in [0.4, 0.5) is 17.3 Å². The van der Waals surface area contributed by atoms with Crippen molar-refractivity contribution >= 4 is 38.9 Å². The van der Waals surface area contributed by atoms with Crippen LogP contribution in [0.25, 0.3) is 5.65 Å². The molecule has 0 saturated heterocycles. The van der Waals surface area contributed by atoms with Gasteiger partial charge in [0.2, 0.25) is 0 Å². The molecule has 0 aliphatic heterocycles. The zero-order valence-corrected chi connectivity index (χ0v) is 12.8. The maximum atomic E-state index is 5.81. The number of aryl methyl sites for hydroxylation is 2. The molecule has 102 valence electrons. The zero-order chi connectivity index (χ0) is 14.3. The SMILES string of the molecule is Cc1cc(Nc2nc(N)cn3ccnc23)cc(C)c1Br. The molecule has 3 aromatic rings. The number of aromatic nitrogens is 3. The highest BCUT2D eigenvalue weighted by Crippen LogP contribution is 2.27. The Morgan fingerprint density at radius 3 is 2.65 bits per heavy atom. The van der Waals surface area contributed by atoms with E-state index in [1.54, 1.807) is 12.4 Å². The Labute approximate surface area is 125 Å². The smallest absolute Gasteiger partial charge is 0.180 e. The minimum absolute atomic E-state index is 0.448. The molecule has 3 rings (SSSR count). The maximum absolute atomic E-state index is 5.81. The topological polar surface area (TPSA) is 68.2 Å². The van der Waals surface area contributed by atoms with Gasteiger partial charge in [0.25, 0.3) is 0 Å². The highest BCUT2D eigenvalue weighted by Gasteiger charge is 2.08. The third kappa shape index (κ3) is 2.22. The van der Waals surface area contributed by atoms with Crippen LogP contribution in [0, 0.1) is 13.8 Å². The fourth-order valence-electron chi connectivity index (χ4n) is 2.19. The number of nitrogens with two attached hydrogens (primary N) is 1. The average Bonchev–Trinajstić information content (AvgIpc) is 2.84. The predicted molar refractivity (Wildman–Crippen MR) is 84.3 cm³/mol. The summed E-state index contributed by atoms with van der Waals surface area (Å²) in [4.78, 5) is 8.61. The molecule has 0 radical (unpaired) electrons. The summed E-state index contributed by atoms with van der Waals surface area (Å²) in [6.07, 6.45) is 5.31. The van der Waals surface area contributed by atoms with Crippen molar-refractivity contribution in [3.05, 3.63) is 46.3 Å². The summed E-state index contributed by atoms with van der Waals surface area (Å²) in [6.45, 7) is 4.11. The van der Waals surface area contributed by atoms with Gasteiger partial charge in [-0.15, -0.1) is 0 Å². The van der Waals surface area contributed by atoms with E-state index < -0.39 is 0 Å². The Balaban J connectivity index is 2.07. The number of benzene rings is 1. The molecule has 2 aromatic heterocycles. The second-order valence-corrected chi connectivity index (χ2v) is 5.51. The van der Waals surface area contributed by atoms with E-state index in [4.69, 9.17) is 5.73 Å². The van der Waals surface area contributed by atoms with Crippen LogP contribution >= 0.6 is 15.9 Å². The Morgan fingerprint density at radius 1 is 1.25 bits per heavy atom. The molecule has 6 heteroatoms. The summed E-state index contributed by atoms with van der Waals surface area (Å²) < 4.78 is 2.97. The number of imidazole rings is 1. The van der Waals surface area contributed by atoms with E-state index in [9.17, 15) is 0 Å². The summed E-state index contributed by atoms with van der Waals surface area (Å²) in [5.41, 5.74) is 9.85. The Kier molecular flexibility index (Phi) is 3.10. The molecule has 5 nitrogen and oxygen atoms in total. The third-order valence-corrected chi connectivity index (χ3v) is 4.34. The first-order chi connectivity index (χ1) is 9.54. The van der Waals surface area contributed by atoms with Crippen molar-refractivity contribution in [1.82, 2.24) is 14.4 Å². The number of hydrogen-bond donors (Lipinski definition) is 2. The molecule has 0 aliphatic rings. The number of halogens is 1. The first-order valence-electron chi connectivity index (χ1n) is 6.17. The Bertz CT molecular complexity index is 770. The molecule has 0 aliphatic carbocycles. The van der Waals surface area contributed by atoms with Gasteiger partial charge in [-0.2, -0.15) is 0 Å². The van der Waals surface area contributed by atoms with Crippen LogP contribution in [0.3, 0.4) is 0 Å². The molecule has 0 fully saturated rings. The molecule has 3 N–H and O–H groups in total. The molecule has 20 heavy (non-hydrogen) atoms. The fourth-order valence-corrected chi connectivity index (χ4v) is 2.42. The zero-order valence-electron chi connectivity index (χ0n) is 11.2. The minimum atomic E-state index is 0.448. The standard InChI is InChI=1S/C14H14BrN5/c1-8-5-10(6-9(2)12(8)15)18-13-14-17-3-4-20(14)7-11(16)19-13/h3-7H,16H2,1-2H3,(H,18,19). The van der Waals surface area contributed by atoms with Gasteiger partial charge in [-0.1, -0.05) is 15.9 Å². The van der Waals surface area contributed by atoms with Gasteiger partial charge in [-0.25, -0.2) is 9.97 Å². The van der Waals surface area contributed by atoms with Crippen molar-refractivity contribution in [3.63, 3.8) is 0 Å². The molecule has 0 bridgehead atoms. The predicted octanol–water partition coefficient (Wildman–Crippen LogP) is 3.43. The van der Waals surface area contributed by atoms with E-state index >= 15 is 0 Å².